The van der Waals surface area contributed by atoms with Crippen LogP contribution in [0.3, 0.4) is 0 Å². The fraction of sp³-hybridized carbons (Fsp3) is 0.100. The lowest BCUT2D eigenvalue weighted by Gasteiger charge is -2.04. The maximum absolute atomic E-state index is 10.9. The molecule has 0 atom stereocenters. The molecule has 0 aliphatic heterocycles. The van der Waals surface area contributed by atoms with Crippen LogP contribution in [0, 0.1) is 10.1 Å². The van der Waals surface area contributed by atoms with Crippen LogP contribution < -0.4 is 5.73 Å². The molecular weight excluding hydrogens is 240 g/mol. The van der Waals surface area contributed by atoms with Crippen molar-refractivity contribution < 1.29 is 4.92 Å². The third kappa shape index (κ3) is 2.09. The second-order valence-corrected chi connectivity index (χ2v) is 4.10. The standard InChI is InChI=1S/C10H10N4O2S/c1-17-10-6-9(11)13(12-10)7-4-2-3-5-8(7)14(15)16/h2-6H,11H2,1H3. The lowest BCUT2D eigenvalue weighted by molar-refractivity contribution is -0.384. The molecule has 1 aromatic heterocycles. The first-order valence-electron chi connectivity index (χ1n) is 4.77. The second kappa shape index (κ2) is 4.46. The number of nitrogen functional groups attached to an aromatic ring is 1. The van der Waals surface area contributed by atoms with Crippen LogP contribution in [-0.2, 0) is 0 Å². The molecule has 2 rings (SSSR count). The zero-order valence-electron chi connectivity index (χ0n) is 9.03. The molecule has 0 bridgehead atoms. The van der Waals surface area contributed by atoms with Crippen LogP contribution in [0.1, 0.15) is 0 Å². The summed E-state index contributed by atoms with van der Waals surface area (Å²) in [6.07, 6.45) is 1.87. The van der Waals surface area contributed by atoms with Gasteiger partial charge in [-0.1, -0.05) is 12.1 Å². The minimum absolute atomic E-state index is 0.0186. The van der Waals surface area contributed by atoms with Crippen LogP contribution in [0.15, 0.2) is 35.4 Å². The van der Waals surface area contributed by atoms with E-state index in [4.69, 9.17) is 5.73 Å². The van der Waals surface area contributed by atoms with E-state index in [0.717, 1.165) is 5.03 Å². The van der Waals surface area contributed by atoms with Gasteiger partial charge in [-0.05, 0) is 12.3 Å². The van der Waals surface area contributed by atoms with Gasteiger partial charge in [0.25, 0.3) is 5.69 Å². The van der Waals surface area contributed by atoms with E-state index in [1.807, 2.05) is 6.26 Å². The summed E-state index contributed by atoms with van der Waals surface area (Å²) < 4.78 is 1.38. The number of benzene rings is 1. The Morgan fingerprint density at radius 2 is 2.18 bits per heavy atom. The van der Waals surface area contributed by atoms with E-state index in [1.165, 1.54) is 22.5 Å². The molecule has 1 aromatic carbocycles. The van der Waals surface area contributed by atoms with Gasteiger partial charge in [0.05, 0.1) is 4.92 Å². The molecule has 1 heterocycles. The summed E-state index contributed by atoms with van der Waals surface area (Å²) in [6, 6.07) is 8.04. The van der Waals surface area contributed by atoms with E-state index in [9.17, 15) is 10.1 Å². The summed E-state index contributed by atoms with van der Waals surface area (Å²) >= 11 is 1.43. The number of nitro benzene ring substituents is 1. The summed E-state index contributed by atoms with van der Waals surface area (Å²) in [5, 5.41) is 15.8. The Kier molecular flexibility index (Phi) is 3.01. The van der Waals surface area contributed by atoms with Crippen LogP contribution >= 0.6 is 11.8 Å². The van der Waals surface area contributed by atoms with Crippen molar-refractivity contribution in [1.82, 2.24) is 9.78 Å². The number of nitro groups is 1. The van der Waals surface area contributed by atoms with Crippen molar-refractivity contribution in [3.63, 3.8) is 0 Å². The summed E-state index contributed by atoms with van der Waals surface area (Å²) in [6.45, 7) is 0. The molecule has 7 heteroatoms. The average Bonchev–Trinajstić information content (AvgIpc) is 2.70. The molecule has 2 aromatic rings. The highest BCUT2D eigenvalue weighted by molar-refractivity contribution is 7.98. The third-order valence-electron chi connectivity index (χ3n) is 2.23. The average molecular weight is 250 g/mol. The molecule has 0 saturated carbocycles. The van der Waals surface area contributed by atoms with E-state index in [-0.39, 0.29) is 5.69 Å². The zero-order chi connectivity index (χ0) is 12.4. The van der Waals surface area contributed by atoms with E-state index in [0.29, 0.717) is 11.5 Å². The van der Waals surface area contributed by atoms with E-state index in [2.05, 4.69) is 5.10 Å². The Labute approximate surface area is 102 Å². The normalized spacial score (nSPS) is 10.4. The van der Waals surface area contributed by atoms with Gasteiger partial charge in [-0.3, -0.25) is 10.1 Å². The molecular formula is C10H10N4O2S. The number of nitrogens with zero attached hydrogens (tertiary/aromatic N) is 3. The lowest BCUT2D eigenvalue weighted by atomic mass is 10.3. The first-order chi connectivity index (χ1) is 8.13. The molecule has 0 saturated heterocycles. The number of para-hydroxylation sites is 2. The first kappa shape index (κ1) is 11.5. The molecule has 0 spiro atoms. The Balaban J connectivity index is 2.59. The van der Waals surface area contributed by atoms with Crippen LogP contribution in [0.25, 0.3) is 5.69 Å². The van der Waals surface area contributed by atoms with Crippen molar-refractivity contribution in [1.29, 1.82) is 0 Å². The van der Waals surface area contributed by atoms with Crippen LogP contribution in [0.4, 0.5) is 11.5 Å². The van der Waals surface area contributed by atoms with Crippen LogP contribution in [0.2, 0.25) is 0 Å². The Bertz CT molecular complexity index is 567. The van der Waals surface area contributed by atoms with Gasteiger partial charge in [-0.2, -0.15) is 5.10 Å². The summed E-state index contributed by atoms with van der Waals surface area (Å²) in [4.78, 5) is 10.5. The number of nitrogens with two attached hydrogens (primary N) is 1. The fourth-order valence-electron chi connectivity index (χ4n) is 1.46. The van der Waals surface area contributed by atoms with Crippen molar-refractivity contribution in [2.45, 2.75) is 5.03 Å². The van der Waals surface area contributed by atoms with Crippen molar-refractivity contribution in [2.75, 3.05) is 12.0 Å². The molecule has 6 nitrogen and oxygen atoms in total. The molecule has 0 unspecified atom stereocenters. The Hall–Kier alpha value is -2.02. The van der Waals surface area contributed by atoms with Crippen LogP contribution in [-0.4, -0.2) is 21.0 Å². The van der Waals surface area contributed by atoms with Gasteiger partial charge in [-0.25, -0.2) is 4.68 Å². The van der Waals surface area contributed by atoms with E-state index < -0.39 is 4.92 Å². The molecule has 88 valence electrons. The van der Waals surface area contributed by atoms with Gasteiger partial charge in [-0.15, -0.1) is 11.8 Å². The largest absolute Gasteiger partial charge is 0.384 e. The smallest absolute Gasteiger partial charge is 0.294 e. The molecule has 0 aliphatic carbocycles. The minimum Gasteiger partial charge on any atom is -0.384 e. The van der Waals surface area contributed by atoms with Crippen molar-refractivity contribution in [2.24, 2.45) is 0 Å². The van der Waals surface area contributed by atoms with Crippen molar-refractivity contribution in [3.05, 3.63) is 40.4 Å². The first-order valence-corrected chi connectivity index (χ1v) is 5.99. The van der Waals surface area contributed by atoms with Gasteiger partial charge < -0.3 is 5.73 Å². The highest BCUT2D eigenvalue weighted by Gasteiger charge is 2.17. The van der Waals surface area contributed by atoms with Gasteiger partial charge in [0.2, 0.25) is 0 Å². The van der Waals surface area contributed by atoms with Crippen molar-refractivity contribution in [3.8, 4) is 5.69 Å². The minimum atomic E-state index is -0.449. The number of aromatic nitrogens is 2. The summed E-state index contributed by atoms with van der Waals surface area (Å²) in [7, 11) is 0. The summed E-state index contributed by atoms with van der Waals surface area (Å²) in [5.74, 6) is 0.378. The number of rotatable bonds is 3. The predicted molar refractivity (Wildman–Crippen MR) is 66.4 cm³/mol. The maximum atomic E-state index is 10.9. The molecule has 2 N–H and O–H groups in total. The molecule has 0 amide bonds. The number of anilines is 1. The second-order valence-electron chi connectivity index (χ2n) is 3.27. The van der Waals surface area contributed by atoms with E-state index in [1.54, 1.807) is 24.3 Å². The number of hydrogen-bond acceptors (Lipinski definition) is 5. The van der Waals surface area contributed by atoms with Gasteiger partial charge >= 0.3 is 0 Å². The lowest BCUT2D eigenvalue weighted by Crippen LogP contribution is -2.04. The monoisotopic (exact) mass is 250 g/mol. The third-order valence-corrected chi connectivity index (χ3v) is 2.85. The number of thioether (sulfide) groups is 1. The number of hydrogen-bond donors (Lipinski definition) is 1. The predicted octanol–water partition coefficient (Wildman–Crippen LogP) is 2.08. The zero-order valence-corrected chi connectivity index (χ0v) is 9.85. The van der Waals surface area contributed by atoms with Gasteiger partial charge in [0, 0.05) is 12.1 Å². The van der Waals surface area contributed by atoms with E-state index >= 15 is 0 Å². The Morgan fingerprint density at radius 3 is 2.76 bits per heavy atom. The van der Waals surface area contributed by atoms with Gasteiger partial charge in [0.1, 0.15) is 16.5 Å². The fourth-order valence-corrected chi connectivity index (χ4v) is 1.87. The molecule has 0 aliphatic rings. The topological polar surface area (TPSA) is 87.0 Å². The quantitative estimate of drug-likeness (QED) is 0.512. The highest BCUT2D eigenvalue weighted by Crippen LogP contribution is 2.26. The molecule has 0 radical (unpaired) electrons. The maximum Gasteiger partial charge on any atom is 0.294 e. The van der Waals surface area contributed by atoms with Gasteiger partial charge in [0.15, 0.2) is 0 Å². The summed E-state index contributed by atoms with van der Waals surface area (Å²) in [5.41, 5.74) is 6.13. The molecule has 17 heavy (non-hydrogen) atoms. The SMILES string of the molecule is CSc1cc(N)n(-c2ccccc2[N+](=O)[O-])n1. The highest BCUT2D eigenvalue weighted by atomic mass is 32.2. The van der Waals surface area contributed by atoms with Crippen LogP contribution in [0.5, 0.6) is 0 Å². The Morgan fingerprint density at radius 1 is 1.47 bits per heavy atom. The van der Waals surface area contributed by atoms with Crippen molar-refractivity contribution >= 4 is 23.3 Å². The molecule has 0 fully saturated rings.